The van der Waals surface area contributed by atoms with E-state index in [1.807, 2.05) is 31.2 Å². The first-order chi connectivity index (χ1) is 11.7. The van der Waals surface area contributed by atoms with Crippen LogP contribution >= 0.6 is 0 Å². The Kier molecular flexibility index (Phi) is 5.41. The van der Waals surface area contributed by atoms with Crippen molar-refractivity contribution in [3.05, 3.63) is 47.8 Å². The Balaban J connectivity index is 1.66. The number of carbonyl (C=O) groups is 1. The van der Waals surface area contributed by atoms with Gasteiger partial charge in [-0.15, -0.1) is 0 Å². The maximum Gasteiger partial charge on any atom is 0.274 e. The SMILES string of the molecule is Cc1cccc(NC(=O)c2ccnc(NC3CCCCCC3)n2)c1. The Hall–Kier alpha value is -2.43. The number of benzene rings is 1. The zero-order valence-electron chi connectivity index (χ0n) is 14.1. The molecule has 5 heteroatoms. The summed E-state index contributed by atoms with van der Waals surface area (Å²) in [6.07, 6.45) is 9.01. The summed E-state index contributed by atoms with van der Waals surface area (Å²) >= 11 is 0. The molecule has 2 N–H and O–H groups in total. The molecule has 1 aliphatic carbocycles. The van der Waals surface area contributed by atoms with Crippen LogP contribution in [0.3, 0.4) is 0 Å². The number of nitrogens with zero attached hydrogens (tertiary/aromatic N) is 2. The zero-order valence-corrected chi connectivity index (χ0v) is 14.1. The fraction of sp³-hybridized carbons (Fsp3) is 0.421. The molecule has 3 rings (SSSR count). The summed E-state index contributed by atoms with van der Waals surface area (Å²) in [6.45, 7) is 2.00. The summed E-state index contributed by atoms with van der Waals surface area (Å²) in [6, 6.07) is 9.77. The van der Waals surface area contributed by atoms with Gasteiger partial charge in [0.2, 0.25) is 5.95 Å². The molecule has 1 aromatic carbocycles. The van der Waals surface area contributed by atoms with Crippen LogP contribution in [0.4, 0.5) is 11.6 Å². The van der Waals surface area contributed by atoms with Crippen molar-refractivity contribution in [1.29, 1.82) is 0 Å². The van der Waals surface area contributed by atoms with E-state index in [0.717, 1.165) is 24.1 Å². The summed E-state index contributed by atoms with van der Waals surface area (Å²) in [5.41, 5.74) is 2.26. The molecule has 0 radical (unpaired) electrons. The molecule has 5 nitrogen and oxygen atoms in total. The van der Waals surface area contributed by atoms with E-state index in [1.54, 1.807) is 12.3 Å². The first kappa shape index (κ1) is 16.4. The highest BCUT2D eigenvalue weighted by atomic mass is 16.1. The number of rotatable bonds is 4. The van der Waals surface area contributed by atoms with Gasteiger partial charge in [0.1, 0.15) is 5.69 Å². The third-order valence-electron chi connectivity index (χ3n) is 4.35. The number of nitrogens with one attached hydrogen (secondary N) is 2. The van der Waals surface area contributed by atoms with Crippen molar-refractivity contribution in [2.45, 2.75) is 51.5 Å². The normalized spacial score (nSPS) is 15.5. The zero-order chi connectivity index (χ0) is 16.8. The molecule has 0 aliphatic heterocycles. The number of aromatic nitrogens is 2. The van der Waals surface area contributed by atoms with Crippen molar-refractivity contribution in [2.24, 2.45) is 0 Å². The predicted octanol–water partition coefficient (Wildman–Crippen LogP) is 4.17. The van der Waals surface area contributed by atoms with Gasteiger partial charge in [-0.3, -0.25) is 4.79 Å². The summed E-state index contributed by atoms with van der Waals surface area (Å²) in [7, 11) is 0. The van der Waals surface area contributed by atoms with Crippen LogP contribution in [0.1, 0.15) is 54.6 Å². The monoisotopic (exact) mass is 324 g/mol. The van der Waals surface area contributed by atoms with Crippen LogP contribution in [0, 0.1) is 6.92 Å². The highest BCUT2D eigenvalue weighted by Gasteiger charge is 2.14. The fourth-order valence-electron chi connectivity index (χ4n) is 3.08. The van der Waals surface area contributed by atoms with Crippen molar-refractivity contribution in [1.82, 2.24) is 9.97 Å². The van der Waals surface area contributed by atoms with Crippen LogP contribution in [-0.4, -0.2) is 21.9 Å². The smallest absolute Gasteiger partial charge is 0.274 e. The lowest BCUT2D eigenvalue weighted by atomic mass is 10.1. The lowest BCUT2D eigenvalue weighted by Crippen LogP contribution is -2.21. The van der Waals surface area contributed by atoms with Crippen LogP contribution in [-0.2, 0) is 0 Å². The van der Waals surface area contributed by atoms with Crippen LogP contribution in [0.2, 0.25) is 0 Å². The van der Waals surface area contributed by atoms with Gasteiger partial charge < -0.3 is 10.6 Å². The van der Waals surface area contributed by atoms with Crippen molar-refractivity contribution < 1.29 is 4.79 Å². The van der Waals surface area contributed by atoms with Crippen molar-refractivity contribution in [3.8, 4) is 0 Å². The predicted molar refractivity (Wildman–Crippen MR) is 96.3 cm³/mol. The third-order valence-corrected chi connectivity index (χ3v) is 4.35. The second-order valence-corrected chi connectivity index (χ2v) is 6.42. The van der Waals surface area contributed by atoms with E-state index in [1.165, 1.54) is 25.7 Å². The molecule has 1 amide bonds. The molecule has 2 aromatic rings. The van der Waals surface area contributed by atoms with Gasteiger partial charge in [-0.2, -0.15) is 0 Å². The Morgan fingerprint density at radius 2 is 1.92 bits per heavy atom. The van der Waals surface area contributed by atoms with Gasteiger partial charge in [0, 0.05) is 17.9 Å². The maximum atomic E-state index is 12.4. The molecular weight excluding hydrogens is 300 g/mol. The molecule has 0 saturated heterocycles. The van der Waals surface area contributed by atoms with Crippen LogP contribution in [0.25, 0.3) is 0 Å². The lowest BCUT2D eigenvalue weighted by Gasteiger charge is -2.16. The molecule has 1 aliphatic rings. The van der Waals surface area contributed by atoms with E-state index in [4.69, 9.17) is 0 Å². The number of anilines is 2. The summed E-state index contributed by atoms with van der Waals surface area (Å²) in [4.78, 5) is 21.0. The molecular formula is C19H24N4O. The van der Waals surface area contributed by atoms with E-state index in [9.17, 15) is 4.79 Å². The van der Waals surface area contributed by atoms with Gasteiger partial charge in [-0.05, 0) is 43.5 Å². The van der Waals surface area contributed by atoms with Gasteiger partial charge in [-0.25, -0.2) is 9.97 Å². The Morgan fingerprint density at radius 3 is 2.67 bits per heavy atom. The van der Waals surface area contributed by atoms with Crippen LogP contribution < -0.4 is 10.6 Å². The van der Waals surface area contributed by atoms with Crippen molar-refractivity contribution in [3.63, 3.8) is 0 Å². The minimum atomic E-state index is -0.216. The number of carbonyl (C=O) groups excluding carboxylic acids is 1. The minimum absolute atomic E-state index is 0.216. The molecule has 0 bridgehead atoms. The summed E-state index contributed by atoms with van der Waals surface area (Å²) in [5, 5.41) is 6.27. The van der Waals surface area contributed by atoms with Gasteiger partial charge in [-0.1, -0.05) is 37.8 Å². The molecule has 24 heavy (non-hydrogen) atoms. The maximum absolute atomic E-state index is 12.4. The first-order valence-electron chi connectivity index (χ1n) is 8.68. The molecule has 0 unspecified atom stereocenters. The fourth-order valence-corrected chi connectivity index (χ4v) is 3.08. The number of hydrogen-bond donors (Lipinski definition) is 2. The first-order valence-corrected chi connectivity index (χ1v) is 8.68. The van der Waals surface area contributed by atoms with E-state index in [2.05, 4.69) is 20.6 Å². The van der Waals surface area contributed by atoms with E-state index in [0.29, 0.717) is 17.7 Å². The van der Waals surface area contributed by atoms with Gasteiger partial charge in [0.05, 0.1) is 0 Å². The van der Waals surface area contributed by atoms with E-state index >= 15 is 0 Å². The Bertz CT molecular complexity index is 693. The second-order valence-electron chi connectivity index (χ2n) is 6.42. The van der Waals surface area contributed by atoms with Gasteiger partial charge >= 0.3 is 0 Å². The Morgan fingerprint density at radius 1 is 1.12 bits per heavy atom. The molecule has 0 spiro atoms. The van der Waals surface area contributed by atoms with Gasteiger partial charge in [0.15, 0.2) is 0 Å². The Labute approximate surface area is 142 Å². The average molecular weight is 324 g/mol. The lowest BCUT2D eigenvalue weighted by molar-refractivity contribution is 0.102. The molecule has 1 saturated carbocycles. The molecule has 1 fully saturated rings. The summed E-state index contributed by atoms with van der Waals surface area (Å²) in [5.74, 6) is 0.325. The highest BCUT2D eigenvalue weighted by Crippen LogP contribution is 2.20. The molecule has 0 atom stereocenters. The standard InChI is InChI=1S/C19H24N4O/c1-14-7-6-10-16(13-14)21-18(24)17-11-12-20-19(23-17)22-15-8-4-2-3-5-9-15/h6-7,10-13,15H,2-5,8-9H2,1H3,(H,21,24)(H,20,22,23). The highest BCUT2D eigenvalue weighted by molar-refractivity contribution is 6.03. The van der Waals surface area contributed by atoms with Crippen molar-refractivity contribution >= 4 is 17.5 Å². The van der Waals surface area contributed by atoms with Crippen LogP contribution in [0.15, 0.2) is 36.5 Å². The molecule has 126 valence electrons. The number of hydrogen-bond acceptors (Lipinski definition) is 4. The average Bonchev–Trinajstić information content (AvgIpc) is 2.84. The largest absolute Gasteiger partial charge is 0.351 e. The molecule has 1 aromatic heterocycles. The van der Waals surface area contributed by atoms with Gasteiger partial charge in [0.25, 0.3) is 5.91 Å². The summed E-state index contributed by atoms with van der Waals surface area (Å²) < 4.78 is 0. The second kappa shape index (κ2) is 7.90. The quantitative estimate of drug-likeness (QED) is 0.828. The van der Waals surface area contributed by atoms with E-state index < -0.39 is 0 Å². The molecule has 1 heterocycles. The van der Waals surface area contributed by atoms with E-state index in [-0.39, 0.29) is 5.91 Å². The number of aryl methyl sites for hydroxylation is 1. The van der Waals surface area contributed by atoms with Crippen LogP contribution in [0.5, 0.6) is 0 Å². The number of amides is 1. The minimum Gasteiger partial charge on any atom is -0.351 e. The van der Waals surface area contributed by atoms with Crippen molar-refractivity contribution in [2.75, 3.05) is 10.6 Å². The topological polar surface area (TPSA) is 66.9 Å². The third kappa shape index (κ3) is 4.54.